The van der Waals surface area contributed by atoms with Crippen molar-refractivity contribution in [3.05, 3.63) is 28.7 Å². The third-order valence-electron chi connectivity index (χ3n) is 1.77. The van der Waals surface area contributed by atoms with Crippen molar-refractivity contribution >= 4 is 5.52 Å². The second-order valence-corrected chi connectivity index (χ2v) is 2.82. The molecule has 13 heavy (non-hydrogen) atoms. The van der Waals surface area contributed by atoms with Crippen LogP contribution in [0.5, 0.6) is 0 Å². The summed E-state index contributed by atoms with van der Waals surface area (Å²) in [6, 6.07) is -0.239. The topological polar surface area (TPSA) is 89.1 Å². The molecule has 6 heteroatoms. The smallest absolute Gasteiger partial charge is 0.276 e. The Morgan fingerprint density at radius 1 is 1.69 bits per heavy atom. The van der Waals surface area contributed by atoms with E-state index in [0.717, 1.165) is 0 Å². The van der Waals surface area contributed by atoms with E-state index < -0.39 is 0 Å². The molecule has 0 amide bonds. The normalized spacial score (nSPS) is 13.4. The molecule has 0 fully saturated rings. The third-order valence-corrected chi connectivity index (χ3v) is 1.77. The minimum absolute atomic E-state index is 0.214. The Hall–Kier alpha value is -1.69. The molecule has 2 rings (SSSR count). The number of aromatic nitrogens is 4. The van der Waals surface area contributed by atoms with Crippen molar-refractivity contribution in [1.29, 1.82) is 0 Å². The van der Waals surface area contributed by atoms with Gasteiger partial charge in [0.1, 0.15) is 12.2 Å². The molecule has 0 aliphatic heterocycles. The van der Waals surface area contributed by atoms with Gasteiger partial charge in [0.2, 0.25) is 0 Å². The maximum atomic E-state index is 11.2. The van der Waals surface area contributed by atoms with Crippen LogP contribution in [-0.4, -0.2) is 19.6 Å². The van der Waals surface area contributed by atoms with Crippen LogP contribution in [0.15, 0.2) is 17.3 Å². The van der Waals surface area contributed by atoms with Crippen LogP contribution >= 0.6 is 0 Å². The van der Waals surface area contributed by atoms with Crippen LogP contribution in [0, 0.1) is 0 Å². The number of hydrogen-bond acceptors (Lipinski definition) is 4. The Labute approximate surface area is 73.4 Å². The molecule has 2 heterocycles. The molecule has 0 bridgehead atoms. The molecule has 0 aliphatic rings. The first kappa shape index (κ1) is 7.93. The van der Waals surface area contributed by atoms with E-state index in [2.05, 4.69) is 15.1 Å². The van der Waals surface area contributed by atoms with Crippen molar-refractivity contribution in [3.63, 3.8) is 0 Å². The number of nitrogens with two attached hydrogens (primary N) is 1. The number of imidazole rings is 1. The molecule has 2 aromatic heterocycles. The zero-order valence-corrected chi connectivity index (χ0v) is 7.06. The van der Waals surface area contributed by atoms with Crippen LogP contribution in [0.1, 0.15) is 18.8 Å². The molecule has 2 aromatic rings. The predicted octanol–water partition coefficient (Wildman–Crippen LogP) is -0.563. The largest absolute Gasteiger partial charge is 0.322 e. The minimum atomic E-state index is -0.239. The third kappa shape index (κ3) is 1.11. The summed E-state index contributed by atoms with van der Waals surface area (Å²) >= 11 is 0. The van der Waals surface area contributed by atoms with E-state index in [9.17, 15) is 4.79 Å². The number of hydrogen-bond donors (Lipinski definition) is 2. The number of nitrogens with zero attached hydrogens (tertiary/aromatic N) is 3. The number of aromatic amines is 1. The van der Waals surface area contributed by atoms with Gasteiger partial charge in [0.05, 0.1) is 12.2 Å². The molecule has 0 radical (unpaired) electrons. The van der Waals surface area contributed by atoms with Gasteiger partial charge >= 0.3 is 0 Å². The quantitative estimate of drug-likeness (QED) is 0.614. The molecule has 0 aliphatic carbocycles. The number of H-pyrrole nitrogens is 1. The first-order valence-corrected chi connectivity index (χ1v) is 3.87. The number of fused-ring (bicyclic) bond motifs is 1. The Balaban J connectivity index is 2.83. The predicted molar refractivity (Wildman–Crippen MR) is 46.2 cm³/mol. The Bertz CT molecular complexity index is 483. The van der Waals surface area contributed by atoms with Crippen molar-refractivity contribution in [2.24, 2.45) is 5.73 Å². The fourth-order valence-corrected chi connectivity index (χ4v) is 1.17. The minimum Gasteiger partial charge on any atom is -0.322 e. The lowest BCUT2D eigenvalue weighted by atomic mass is 10.3. The maximum absolute atomic E-state index is 11.2. The number of rotatable bonds is 1. The van der Waals surface area contributed by atoms with E-state index in [1.165, 1.54) is 17.0 Å². The summed E-state index contributed by atoms with van der Waals surface area (Å²) in [6.45, 7) is 1.79. The molecule has 6 nitrogen and oxygen atoms in total. The second-order valence-electron chi connectivity index (χ2n) is 2.82. The first-order chi connectivity index (χ1) is 6.20. The molecule has 0 saturated heterocycles. The van der Waals surface area contributed by atoms with Gasteiger partial charge in [-0.1, -0.05) is 0 Å². The van der Waals surface area contributed by atoms with E-state index >= 15 is 0 Å². The Kier molecular flexibility index (Phi) is 1.63. The SMILES string of the molecule is C[C@@H](N)c1ncc2c(=O)[nH]cnn12. The summed E-state index contributed by atoms with van der Waals surface area (Å²) in [5, 5.41) is 3.94. The highest BCUT2D eigenvalue weighted by molar-refractivity contribution is 5.41. The highest BCUT2D eigenvalue weighted by Crippen LogP contribution is 2.06. The monoisotopic (exact) mass is 179 g/mol. The summed E-state index contributed by atoms with van der Waals surface area (Å²) in [5.41, 5.74) is 5.84. The lowest BCUT2D eigenvalue weighted by Gasteiger charge is -2.01. The molecule has 68 valence electrons. The van der Waals surface area contributed by atoms with Crippen molar-refractivity contribution in [3.8, 4) is 0 Å². The van der Waals surface area contributed by atoms with Crippen LogP contribution in [-0.2, 0) is 0 Å². The van der Waals surface area contributed by atoms with Gasteiger partial charge in [-0.25, -0.2) is 9.50 Å². The summed E-state index contributed by atoms with van der Waals surface area (Å²) in [7, 11) is 0. The summed E-state index contributed by atoms with van der Waals surface area (Å²) < 4.78 is 1.45. The molecule has 3 N–H and O–H groups in total. The fraction of sp³-hybridized carbons (Fsp3) is 0.286. The van der Waals surface area contributed by atoms with Crippen LogP contribution in [0.3, 0.4) is 0 Å². The average Bonchev–Trinajstić information content (AvgIpc) is 2.48. The fourth-order valence-electron chi connectivity index (χ4n) is 1.17. The van der Waals surface area contributed by atoms with Crippen LogP contribution in [0.4, 0.5) is 0 Å². The molecule has 0 saturated carbocycles. The van der Waals surface area contributed by atoms with Gasteiger partial charge in [-0.3, -0.25) is 4.79 Å². The van der Waals surface area contributed by atoms with Crippen molar-refractivity contribution in [2.75, 3.05) is 0 Å². The van der Waals surface area contributed by atoms with Crippen LogP contribution in [0.2, 0.25) is 0 Å². The zero-order chi connectivity index (χ0) is 9.42. The molecular formula is C7H9N5O. The molecule has 0 unspecified atom stereocenters. The van der Waals surface area contributed by atoms with Gasteiger partial charge in [-0.05, 0) is 6.92 Å². The van der Waals surface area contributed by atoms with Gasteiger partial charge in [-0.15, -0.1) is 0 Å². The first-order valence-electron chi connectivity index (χ1n) is 3.87. The lowest BCUT2D eigenvalue weighted by Crippen LogP contribution is -2.15. The van der Waals surface area contributed by atoms with Crippen LogP contribution in [0.25, 0.3) is 5.52 Å². The van der Waals surface area contributed by atoms with E-state index in [-0.39, 0.29) is 11.6 Å². The van der Waals surface area contributed by atoms with Crippen molar-refractivity contribution in [2.45, 2.75) is 13.0 Å². The zero-order valence-electron chi connectivity index (χ0n) is 7.06. The van der Waals surface area contributed by atoms with E-state index in [4.69, 9.17) is 5.73 Å². The standard InChI is InChI=1S/C7H9N5O/c1-4(8)6-9-2-5-7(13)10-3-11-12(5)6/h2-4H,8H2,1H3,(H,10,11,13)/t4-/m1/s1. The molecule has 0 aromatic carbocycles. The second kappa shape index (κ2) is 2.67. The van der Waals surface area contributed by atoms with E-state index in [0.29, 0.717) is 11.3 Å². The van der Waals surface area contributed by atoms with Crippen LogP contribution < -0.4 is 11.3 Å². The molecular weight excluding hydrogens is 170 g/mol. The number of nitrogens with one attached hydrogen (secondary N) is 1. The Morgan fingerprint density at radius 3 is 3.15 bits per heavy atom. The molecule has 0 spiro atoms. The lowest BCUT2D eigenvalue weighted by molar-refractivity contribution is 0.693. The average molecular weight is 179 g/mol. The van der Waals surface area contributed by atoms with Gasteiger partial charge in [0.15, 0.2) is 5.52 Å². The molecule has 1 atom stereocenters. The van der Waals surface area contributed by atoms with E-state index in [1.54, 1.807) is 6.92 Å². The van der Waals surface area contributed by atoms with E-state index in [1.807, 2.05) is 0 Å². The summed E-state index contributed by atoms with van der Waals surface area (Å²) in [6.07, 6.45) is 2.79. The van der Waals surface area contributed by atoms with Gasteiger partial charge in [0, 0.05) is 0 Å². The summed E-state index contributed by atoms with van der Waals surface area (Å²) in [5.74, 6) is 0.584. The highest BCUT2D eigenvalue weighted by atomic mass is 16.1. The van der Waals surface area contributed by atoms with Crippen molar-refractivity contribution < 1.29 is 0 Å². The van der Waals surface area contributed by atoms with Gasteiger partial charge < -0.3 is 10.7 Å². The van der Waals surface area contributed by atoms with Gasteiger partial charge in [-0.2, -0.15) is 5.10 Å². The summed E-state index contributed by atoms with van der Waals surface area (Å²) in [4.78, 5) is 17.7. The Morgan fingerprint density at radius 2 is 2.46 bits per heavy atom. The van der Waals surface area contributed by atoms with Gasteiger partial charge in [0.25, 0.3) is 5.56 Å². The highest BCUT2D eigenvalue weighted by Gasteiger charge is 2.09. The maximum Gasteiger partial charge on any atom is 0.276 e. The van der Waals surface area contributed by atoms with Crippen molar-refractivity contribution in [1.82, 2.24) is 19.6 Å².